The molecule has 0 saturated carbocycles. The maximum atomic E-state index is 4.31. The van der Waals surface area contributed by atoms with E-state index in [1.54, 1.807) is 0 Å². The van der Waals surface area contributed by atoms with Crippen LogP contribution >= 0.6 is 24.0 Å². The van der Waals surface area contributed by atoms with Gasteiger partial charge >= 0.3 is 0 Å². The molecule has 2 heterocycles. The van der Waals surface area contributed by atoms with Gasteiger partial charge < -0.3 is 20.1 Å². The van der Waals surface area contributed by atoms with Crippen LogP contribution in [-0.4, -0.2) is 73.2 Å². The Morgan fingerprint density at radius 3 is 2.21 bits per heavy atom. The zero-order valence-electron chi connectivity index (χ0n) is 17.5. The number of nitrogens with one attached hydrogen (secondary N) is 2. The molecule has 0 atom stereocenters. The maximum Gasteiger partial charge on any atom is 0.191 e. The maximum absolute atomic E-state index is 4.31. The van der Waals surface area contributed by atoms with Gasteiger partial charge in [0.25, 0.3) is 0 Å². The molecule has 0 amide bonds. The van der Waals surface area contributed by atoms with Gasteiger partial charge in [-0.3, -0.25) is 9.89 Å². The summed E-state index contributed by atoms with van der Waals surface area (Å²) in [6.07, 6.45) is 5.30. The number of benzene rings is 1. The van der Waals surface area contributed by atoms with E-state index >= 15 is 0 Å². The highest BCUT2D eigenvalue weighted by atomic mass is 127. The van der Waals surface area contributed by atoms with Crippen LogP contribution in [0.5, 0.6) is 0 Å². The van der Waals surface area contributed by atoms with Crippen LogP contribution in [0, 0.1) is 0 Å². The first kappa shape index (κ1) is 23.7. The van der Waals surface area contributed by atoms with Crippen LogP contribution in [0.2, 0.25) is 0 Å². The van der Waals surface area contributed by atoms with Gasteiger partial charge in [0.1, 0.15) is 0 Å². The molecule has 0 radical (unpaired) electrons. The summed E-state index contributed by atoms with van der Waals surface area (Å²) < 4.78 is 2.16. The van der Waals surface area contributed by atoms with Crippen LogP contribution in [0.1, 0.15) is 12.0 Å². The van der Waals surface area contributed by atoms with Crippen molar-refractivity contribution in [3.05, 3.63) is 60.4 Å². The molecule has 1 saturated heterocycles. The van der Waals surface area contributed by atoms with Gasteiger partial charge in [0, 0.05) is 71.8 Å². The molecule has 2 N–H and O–H groups in total. The Kier molecular flexibility index (Phi) is 11.1. The molecule has 0 unspecified atom stereocenters. The lowest BCUT2D eigenvalue weighted by Crippen LogP contribution is -2.46. The molecule has 0 aliphatic carbocycles. The molecule has 160 valence electrons. The zero-order chi connectivity index (χ0) is 19.4. The number of hydrogen-bond acceptors (Lipinski definition) is 3. The number of aromatic nitrogens is 1. The first-order valence-electron chi connectivity index (χ1n) is 10.4. The lowest BCUT2D eigenvalue weighted by Gasteiger charge is -2.34. The summed E-state index contributed by atoms with van der Waals surface area (Å²) >= 11 is 0. The van der Waals surface area contributed by atoms with Gasteiger partial charge in [-0.25, -0.2) is 0 Å². The van der Waals surface area contributed by atoms with Crippen molar-refractivity contribution in [2.75, 3.05) is 52.9 Å². The Morgan fingerprint density at radius 2 is 1.52 bits per heavy atom. The molecule has 0 spiro atoms. The average Bonchev–Trinajstić information content (AvgIpc) is 3.25. The smallest absolute Gasteiger partial charge is 0.191 e. The Morgan fingerprint density at radius 1 is 0.862 bits per heavy atom. The van der Waals surface area contributed by atoms with Crippen molar-refractivity contribution in [1.82, 2.24) is 25.0 Å². The van der Waals surface area contributed by atoms with Gasteiger partial charge in [-0.05, 0) is 30.7 Å². The first-order chi connectivity index (χ1) is 13.8. The minimum Gasteiger partial charge on any atom is -0.356 e. The van der Waals surface area contributed by atoms with Gasteiger partial charge in [-0.2, -0.15) is 0 Å². The van der Waals surface area contributed by atoms with Gasteiger partial charge in [-0.1, -0.05) is 30.3 Å². The number of hydrogen-bond donors (Lipinski definition) is 2. The Labute approximate surface area is 192 Å². The van der Waals surface area contributed by atoms with Crippen LogP contribution in [0.3, 0.4) is 0 Å². The quantitative estimate of drug-likeness (QED) is 0.236. The van der Waals surface area contributed by atoms with E-state index in [0.717, 1.165) is 71.3 Å². The second-order valence-corrected chi connectivity index (χ2v) is 7.30. The number of piperazine rings is 1. The predicted octanol–water partition coefficient (Wildman–Crippen LogP) is 2.48. The lowest BCUT2D eigenvalue weighted by atomic mass is 10.2. The van der Waals surface area contributed by atoms with Crippen LogP contribution in [0.4, 0.5) is 0 Å². The summed E-state index contributed by atoms with van der Waals surface area (Å²) in [6, 6.07) is 14.9. The minimum absolute atomic E-state index is 0. The van der Waals surface area contributed by atoms with Crippen molar-refractivity contribution in [2.45, 2.75) is 19.5 Å². The fourth-order valence-corrected chi connectivity index (χ4v) is 3.57. The fraction of sp³-hybridized carbons (Fsp3) is 0.500. The van der Waals surface area contributed by atoms with Crippen molar-refractivity contribution < 1.29 is 0 Å². The summed E-state index contributed by atoms with van der Waals surface area (Å²) in [5.74, 6) is 0.889. The third-order valence-electron chi connectivity index (χ3n) is 5.21. The van der Waals surface area contributed by atoms with E-state index in [0.29, 0.717) is 0 Å². The third-order valence-corrected chi connectivity index (χ3v) is 5.21. The fourth-order valence-electron chi connectivity index (χ4n) is 3.57. The van der Waals surface area contributed by atoms with Crippen molar-refractivity contribution in [1.29, 1.82) is 0 Å². The van der Waals surface area contributed by atoms with E-state index in [9.17, 15) is 0 Å². The van der Waals surface area contributed by atoms with Crippen LogP contribution in [0.15, 0.2) is 59.9 Å². The van der Waals surface area contributed by atoms with E-state index < -0.39 is 0 Å². The normalized spacial score (nSPS) is 15.7. The molecular formula is C22H35IN6. The highest BCUT2D eigenvalue weighted by Gasteiger charge is 2.16. The zero-order valence-corrected chi connectivity index (χ0v) is 19.8. The van der Waals surface area contributed by atoms with E-state index in [1.807, 2.05) is 7.05 Å². The van der Waals surface area contributed by atoms with Crippen LogP contribution in [0.25, 0.3) is 0 Å². The second-order valence-electron chi connectivity index (χ2n) is 7.30. The van der Waals surface area contributed by atoms with Crippen molar-refractivity contribution in [3.8, 4) is 0 Å². The van der Waals surface area contributed by atoms with E-state index in [4.69, 9.17) is 0 Å². The summed E-state index contributed by atoms with van der Waals surface area (Å²) in [7, 11) is 1.83. The number of guanidine groups is 1. The Bertz CT molecular complexity index is 681. The lowest BCUT2D eigenvalue weighted by molar-refractivity contribution is 0.126. The van der Waals surface area contributed by atoms with Gasteiger partial charge in [0.05, 0.1) is 0 Å². The molecule has 1 aliphatic rings. The van der Waals surface area contributed by atoms with E-state index in [2.05, 4.69) is 84.9 Å². The average molecular weight is 510 g/mol. The molecule has 2 aromatic rings. The van der Waals surface area contributed by atoms with E-state index in [1.165, 1.54) is 5.56 Å². The van der Waals surface area contributed by atoms with E-state index in [-0.39, 0.29) is 24.0 Å². The topological polar surface area (TPSA) is 47.8 Å². The van der Waals surface area contributed by atoms with Crippen LogP contribution in [-0.2, 0) is 13.1 Å². The molecule has 1 aliphatic heterocycles. The summed E-state index contributed by atoms with van der Waals surface area (Å²) in [5.41, 5.74) is 1.41. The Balaban J connectivity index is 0.00000300. The minimum atomic E-state index is 0. The molecule has 29 heavy (non-hydrogen) atoms. The largest absolute Gasteiger partial charge is 0.356 e. The molecule has 6 nitrogen and oxygen atoms in total. The number of rotatable bonds is 9. The van der Waals surface area contributed by atoms with Crippen molar-refractivity contribution >= 4 is 29.9 Å². The molecule has 3 rings (SSSR count). The number of halogens is 1. The predicted molar refractivity (Wildman–Crippen MR) is 132 cm³/mol. The molecule has 1 fully saturated rings. The summed E-state index contributed by atoms with van der Waals surface area (Å²) in [5, 5.41) is 6.80. The molecule has 1 aromatic carbocycles. The standard InChI is InChI=1S/C22H34N6.HI/c1-23-22(25-11-15-26-12-5-6-13-26)24-10-7-14-27-16-18-28(19-17-27)20-21-8-3-2-4-9-21;/h2-6,8-9,12-13H,7,10-11,14-20H2,1H3,(H2,23,24,25);1H. The van der Waals surface area contributed by atoms with Crippen LogP contribution < -0.4 is 10.6 Å². The number of nitrogens with zero attached hydrogens (tertiary/aromatic N) is 4. The molecule has 1 aromatic heterocycles. The highest BCUT2D eigenvalue weighted by molar-refractivity contribution is 14.0. The second kappa shape index (κ2) is 13.6. The van der Waals surface area contributed by atoms with Crippen molar-refractivity contribution in [3.63, 3.8) is 0 Å². The summed E-state index contributed by atoms with van der Waals surface area (Å²) in [6.45, 7) is 9.63. The Hall–Kier alpha value is -1.58. The molecule has 7 heteroatoms. The molecule has 0 bridgehead atoms. The summed E-state index contributed by atoms with van der Waals surface area (Å²) in [4.78, 5) is 9.44. The van der Waals surface area contributed by atoms with Crippen molar-refractivity contribution in [2.24, 2.45) is 4.99 Å². The first-order valence-corrected chi connectivity index (χ1v) is 10.4. The van der Waals surface area contributed by atoms with Gasteiger partial charge in [0.2, 0.25) is 0 Å². The van der Waals surface area contributed by atoms with Gasteiger partial charge in [-0.15, -0.1) is 24.0 Å². The monoisotopic (exact) mass is 510 g/mol. The SMILES string of the molecule is CN=C(NCCCN1CCN(Cc2ccccc2)CC1)NCCn1cccc1.I. The van der Waals surface area contributed by atoms with Gasteiger partial charge in [0.15, 0.2) is 5.96 Å². The third kappa shape index (κ3) is 8.76. The highest BCUT2D eigenvalue weighted by Crippen LogP contribution is 2.08. The number of aliphatic imine (C=N–C) groups is 1. The molecular weight excluding hydrogens is 475 g/mol.